The van der Waals surface area contributed by atoms with E-state index in [1.54, 1.807) is 34.7 Å². The highest BCUT2D eigenvalue weighted by molar-refractivity contribution is 7.99. The van der Waals surface area contributed by atoms with Crippen LogP contribution < -0.4 is 15.6 Å². The van der Waals surface area contributed by atoms with Gasteiger partial charge in [-0.1, -0.05) is 48.2 Å². The fourth-order valence-electron chi connectivity index (χ4n) is 3.41. The number of rotatable bonds is 9. The molecular formula is C24H25N5O3S. The number of nitrogens with one attached hydrogen (secondary N) is 1. The van der Waals surface area contributed by atoms with Crippen LogP contribution in [0.25, 0.3) is 11.0 Å². The van der Waals surface area contributed by atoms with Gasteiger partial charge >= 0.3 is 0 Å². The molecule has 1 amide bonds. The molecule has 2 aromatic carbocycles. The number of carbonyl (C=O) groups is 1. The van der Waals surface area contributed by atoms with Crippen LogP contribution in [0.4, 0.5) is 5.69 Å². The van der Waals surface area contributed by atoms with E-state index in [1.807, 2.05) is 49.4 Å². The SMILES string of the molecule is CCn1cc2nc(SCC(=O)Nc3cccc(OC)c3)n(CCc3ccccc3)c(=O)c2n1. The minimum absolute atomic E-state index is 0.114. The van der Waals surface area contributed by atoms with Crippen molar-refractivity contribution in [2.75, 3.05) is 18.2 Å². The molecule has 0 aliphatic rings. The minimum atomic E-state index is -0.196. The number of carbonyl (C=O) groups excluding carboxylic acids is 1. The number of methoxy groups -OCH3 is 1. The lowest BCUT2D eigenvalue weighted by Crippen LogP contribution is -2.25. The summed E-state index contributed by atoms with van der Waals surface area (Å²) in [7, 11) is 1.58. The number of benzene rings is 2. The Morgan fingerprint density at radius 1 is 1.15 bits per heavy atom. The molecule has 1 N–H and O–H groups in total. The molecule has 4 aromatic rings. The fraction of sp³-hybridized carbons (Fsp3) is 0.250. The van der Waals surface area contributed by atoms with Gasteiger partial charge in [0, 0.05) is 24.8 Å². The Bertz CT molecular complexity index is 1320. The van der Waals surface area contributed by atoms with Gasteiger partial charge < -0.3 is 10.1 Å². The van der Waals surface area contributed by atoms with Crippen molar-refractivity contribution in [3.05, 3.63) is 76.7 Å². The number of thioether (sulfide) groups is 1. The summed E-state index contributed by atoms with van der Waals surface area (Å²) in [5, 5.41) is 7.73. The smallest absolute Gasteiger partial charge is 0.282 e. The summed E-state index contributed by atoms with van der Waals surface area (Å²) in [6.07, 6.45) is 2.44. The van der Waals surface area contributed by atoms with Crippen molar-refractivity contribution >= 4 is 34.4 Å². The first kappa shape index (κ1) is 22.6. The summed E-state index contributed by atoms with van der Waals surface area (Å²) in [5.74, 6) is 0.583. The molecule has 4 rings (SSSR count). The van der Waals surface area contributed by atoms with E-state index in [0.717, 1.165) is 5.56 Å². The zero-order chi connectivity index (χ0) is 23.2. The maximum Gasteiger partial charge on any atom is 0.282 e. The topological polar surface area (TPSA) is 91.0 Å². The van der Waals surface area contributed by atoms with Gasteiger partial charge in [-0.3, -0.25) is 18.8 Å². The summed E-state index contributed by atoms with van der Waals surface area (Å²) in [6.45, 7) is 3.05. The molecule has 0 bridgehead atoms. The molecule has 2 heterocycles. The monoisotopic (exact) mass is 463 g/mol. The molecule has 0 spiro atoms. The van der Waals surface area contributed by atoms with Crippen LogP contribution in [0.3, 0.4) is 0 Å². The Morgan fingerprint density at radius 3 is 2.73 bits per heavy atom. The van der Waals surface area contributed by atoms with E-state index in [9.17, 15) is 9.59 Å². The summed E-state index contributed by atoms with van der Waals surface area (Å²) in [5.41, 5.74) is 2.45. The highest BCUT2D eigenvalue weighted by Gasteiger charge is 2.16. The highest BCUT2D eigenvalue weighted by Crippen LogP contribution is 2.20. The van der Waals surface area contributed by atoms with Crippen molar-refractivity contribution in [3.8, 4) is 5.75 Å². The predicted octanol–water partition coefficient (Wildman–Crippen LogP) is 3.60. The van der Waals surface area contributed by atoms with Crippen LogP contribution >= 0.6 is 11.8 Å². The lowest BCUT2D eigenvalue weighted by Gasteiger charge is -2.12. The predicted molar refractivity (Wildman–Crippen MR) is 130 cm³/mol. The van der Waals surface area contributed by atoms with Crippen molar-refractivity contribution in [1.29, 1.82) is 0 Å². The molecule has 33 heavy (non-hydrogen) atoms. The van der Waals surface area contributed by atoms with Crippen molar-refractivity contribution in [1.82, 2.24) is 19.3 Å². The third kappa shape index (κ3) is 5.43. The van der Waals surface area contributed by atoms with Gasteiger partial charge in [-0.15, -0.1) is 0 Å². The van der Waals surface area contributed by atoms with E-state index >= 15 is 0 Å². The number of ether oxygens (including phenoxy) is 1. The standard InChI is InChI=1S/C24H25N5O3S/c1-3-28-15-20-22(27-28)23(31)29(13-12-17-8-5-4-6-9-17)24(26-20)33-16-21(30)25-18-10-7-11-19(14-18)32-2/h4-11,14-15H,3,12-13,16H2,1-2H3,(H,25,30). The van der Waals surface area contributed by atoms with Crippen molar-refractivity contribution in [3.63, 3.8) is 0 Å². The normalized spacial score (nSPS) is 11.0. The largest absolute Gasteiger partial charge is 0.497 e. The average Bonchev–Trinajstić information content (AvgIpc) is 3.27. The lowest BCUT2D eigenvalue weighted by atomic mass is 10.1. The number of amides is 1. The first-order valence-corrected chi connectivity index (χ1v) is 11.6. The summed E-state index contributed by atoms with van der Waals surface area (Å²) >= 11 is 1.24. The van der Waals surface area contributed by atoms with Gasteiger partial charge in [0.1, 0.15) is 11.3 Å². The molecule has 2 aromatic heterocycles. The zero-order valence-electron chi connectivity index (χ0n) is 18.5. The number of aromatic nitrogens is 4. The fourth-order valence-corrected chi connectivity index (χ4v) is 4.23. The van der Waals surface area contributed by atoms with Crippen LogP contribution in [0, 0.1) is 0 Å². The van der Waals surface area contributed by atoms with E-state index < -0.39 is 0 Å². The number of hydrogen-bond donors (Lipinski definition) is 1. The molecule has 9 heteroatoms. The number of fused-ring (bicyclic) bond motifs is 1. The second-order valence-corrected chi connectivity index (χ2v) is 8.32. The number of anilines is 1. The van der Waals surface area contributed by atoms with Crippen molar-refractivity contribution < 1.29 is 9.53 Å². The van der Waals surface area contributed by atoms with Gasteiger partial charge in [0.25, 0.3) is 5.56 Å². The van der Waals surface area contributed by atoms with Crippen LogP contribution in [0.1, 0.15) is 12.5 Å². The molecule has 0 radical (unpaired) electrons. The quantitative estimate of drug-likeness (QED) is 0.301. The third-order valence-corrected chi connectivity index (χ3v) is 6.09. The van der Waals surface area contributed by atoms with E-state index in [2.05, 4.69) is 15.4 Å². The number of nitrogens with zero attached hydrogens (tertiary/aromatic N) is 4. The molecule has 0 saturated heterocycles. The minimum Gasteiger partial charge on any atom is -0.497 e. The summed E-state index contributed by atoms with van der Waals surface area (Å²) in [4.78, 5) is 30.5. The van der Waals surface area contributed by atoms with Gasteiger partial charge in [0.15, 0.2) is 10.7 Å². The van der Waals surface area contributed by atoms with E-state index in [0.29, 0.717) is 47.1 Å². The maximum absolute atomic E-state index is 13.2. The van der Waals surface area contributed by atoms with Gasteiger partial charge in [-0.25, -0.2) is 4.98 Å². The Morgan fingerprint density at radius 2 is 1.97 bits per heavy atom. The second-order valence-electron chi connectivity index (χ2n) is 7.37. The molecule has 0 aliphatic heterocycles. The summed E-state index contributed by atoms with van der Waals surface area (Å²) in [6, 6.07) is 17.1. The van der Waals surface area contributed by atoms with Gasteiger partial charge in [0.2, 0.25) is 5.91 Å². The van der Waals surface area contributed by atoms with Gasteiger partial charge in [-0.05, 0) is 31.0 Å². The Kier molecular flexibility index (Phi) is 7.09. The van der Waals surface area contributed by atoms with E-state index in [4.69, 9.17) is 4.74 Å². The molecule has 8 nitrogen and oxygen atoms in total. The zero-order valence-corrected chi connectivity index (χ0v) is 19.3. The number of hydrogen-bond acceptors (Lipinski definition) is 6. The van der Waals surface area contributed by atoms with Crippen LogP contribution in [0.2, 0.25) is 0 Å². The first-order chi connectivity index (χ1) is 16.1. The molecule has 0 atom stereocenters. The Labute approximate surface area is 195 Å². The van der Waals surface area contributed by atoms with Crippen molar-refractivity contribution in [2.45, 2.75) is 31.6 Å². The van der Waals surface area contributed by atoms with Gasteiger partial charge in [-0.2, -0.15) is 5.10 Å². The molecule has 0 aliphatic carbocycles. The third-order valence-electron chi connectivity index (χ3n) is 5.11. The Balaban J connectivity index is 1.56. The lowest BCUT2D eigenvalue weighted by molar-refractivity contribution is -0.113. The maximum atomic E-state index is 13.2. The molecule has 170 valence electrons. The number of aryl methyl sites for hydroxylation is 2. The van der Waals surface area contributed by atoms with Crippen molar-refractivity contribution in [2.24, 2.45) is 0 Å². The van der Waals surface area contributed by atoms with E-state index in [1.165, 1.54) is 11.8 Å². The average molecular weight is 464 g/mol. The van der Waals surface area contributed by atoms with Crippen LogP contribution in [-0.2, 0) is 24.3 Å². The highest BCUT2D eigenvalue weighted by atomic mass is 32.2. The van der Waals surface area contributed by atoms with Crippen LogP contribution in [0.5, 0.6) is 5.75 Å². The molecular weight excluding hydrogens is 438 g/mol. The molecule has 0 fully saturated rings. The molecule has 0 saturated carbocycles. The van der Waals surface area contributed by atoms with E-state index in [-0.39, 0.29) is 17.2 Å². The van der Waals surface area contributed by atoms with Crippen LogP contribution in [0.15, 0.2) is 70.7 Å². The molecule has 0 unspecified atom stereocenters. The second kappa shape index (κ2) is 10.4. The Hall–Kier alpha value is -3.59. The summed E-state index contributed by atoms with van der Waals surface area (Å²) < 4.78 is 8.51. The van der Waals surface area contributed by atoms with Crippen LogP contribution in [-0.4, -0.2) is 38.1 Å². The first-order valence-electron chi connectivity index (χ1n) is 10.7. The van der Waals surface area contributed by atoms with Gasteiger partial charge in [0.05, 0.1) is 19.1 Å².